The molecule has 3 unspecified atom stereocenters. The number of hydrogen-bond donors (Lipinski definition) is 2. The van der Waals surface area contributed by atoms with Crippen LogP contribution >= 0.6 is 0 Å². The highest BCUT2D eigenvalue weighted by Crippen LogP contribution is 2.13. The highest BCUT2D eigenvalue weighted by Gasteiger charge is 2.22. The first-order valence-corrected chi connectivity index (χ1v) is 6.91. The van der Waals surface area contributed by atoms with Crippen LogP contribution < -0.4 is 5.32 Å². The molecule has 0 aliphatic rings. The largest absolute Gasteiger partial charge is 0.388 e. The van der Waals surface area contributed by atoms with Crippen molar-refractivity contribution in [2.45, 2.75) is 58.6 Å². The van der Waals surface area contributed by atoms with Crippen LogP contribution in [0.4, 0.5) is 0 Å². The molecular weight excluding hydrogens is 212 g/mol. The molecule has 0 radical (unpaired) electrons. The van der Waals surface area contributed by atoms with E-state index in [1.165, 1.54) is 12.8 Å². The fraction of sp³-hybridized carbons (Fsp3) is 1.00. The van der Waals surface area contributed by atoms with E-state index in [2.05, 4.69) is 26.1 Å². The van der Waals surface area contributed by atoms with Gasteiger partial charge in [0, 0.05) is 19.1 Å². The molecule has 3 heteroatoms. The number of rotatable bonds is 9. The highest BCUT2D eigenvalue weighted by atomic mass is 16.3. The maximum absolute atomic E-state index is 10.2. The summed E-state index contributed by atoms with van der Waals surface area (Å²) < 4.78 is 0. The monoisotopic (exact) mass is 244 g/mol. The van der Waals surface area contributed by atoms with Crippen molar-refractivity contribution < 1.29 is 5.11 Å². The SMILES string of the molecule is CCC(C)CC(CC)NCC(C)(O)CN(C)C. The van der Waals surface area contributed by atoms with Gasteiger partial charge in [-0.3, -0.25) is 0 Å². The Kier molecular flexibility index (Phi) is 8.01. The maximum atomic E-state index is 10.2. The van der Waals surface area contributed by atoms with Crippen molar-refractivity contribution in [3.05, 3.63) is 0 Å². The summed E-state index contributed by atoms with van der Waals surface area (Å²) in [6.45, 7) is 10.00. The molecule has 0 spiro atoms. The Morgan fingerprint density at radius 1 is 1.24 bits per heavy atom. The predicted molar refractivity (Wildman–Crippen MR) is 75.3 cm³/mol. The molecule has 3 nitrogen and oxygen atoms in total. The first kappa shape index (κ1) is 16.9. The summed E-state index contributed by atoms with van der Waals surface area (Å²) in [5.74, 6) is 0.756. The van der Waals surface area contributed by atoms with Gasteiger partial charge in [0.2, 0.25) is 0 Å². The highest BCUT2D eigenvalue weighted by molar-refractivity contribution is 4.80. The van der Waals surface area contributed by atoms with E-state index in [0.29, 0.717) is 19.1 Å². The molecular formula is C14H32N2O. The third-order valence-electron chi connectivity index (χ3n) is 3.31. The van der Waals surface area contributed by atoms with Gasteiger partial charge in [-0.15, -0.1) is 0 Å². The molecule has 0 aliphatic heterocycles. The quantitative estimate of drug-likeness (QED) is 0.652. The van der Waals surface area contributed by atoms with E-state index in [1.54, 1.807) is 0 Å². The Morgan fingerprint density at radius 3 is 2.24 bits per heavy atom. The van der Waals surface area contributed by atoms with Gasteiger partial charge in [-0.05, 0) is 39.8 Å². The van der Waals surface area contributed by atoms with E-state index < -0.39 is 5.60 Å². The minimum atomic E-state index is -0.646. The minimum Gasteiger partial charge on any atom is -0.388 e. The van der Waals surface area contributed by atoms with Crippen LogP contribution in [0, 0.1) is 5.92 Å². The lowest BCUT2D eigenvalue weighted by molar-refractivity contribution is 0.0305. The van der Waals surface area contributed by atoms with Crippen LogP contribution in [-0.4, -0.2) is 48.8 Å². The van der Waals surface area contributed by atoms with Gasteiger partial charge < -0.3 is 15.3 Å². The maximum Gasteiger partial charge on any atom is 0.0869 e. The molecule has 0 saturated heterocycles. The van der Waals surface area contributed by atoms with E-state index in [1.807, 2.05) is 25.9 Å². The summed E-state index contributed by atoms with van der Waals surface area (Å²) in [7, 11) is 3.98. The van der Waals surface area contributed by atoms with Gasteiger partial charge in [0.1, 0.15) is 0 Å². The molecule has 0 aliphatic carbocycles. The van der Waals surface area contributed by atoms with E-state index in [0.717, 1.165) is 12.3 Å². The average molecular weight is 244 g/mol. The standard InChI is InChI=1S/C14H32N2O/c1-7-12(3)9-13(8-2)15-10-14(4,17)11-16(5)6/h12-13,15,17H,7-11H2,1-6H3. The van der Waals surface area contributed by atoms with Crippen molar-refractivity contribution in [3.8, 4) is 0 Å². The molecule has 3 atom stereocenters. The van der Waals surface area contributed by atoms with Gasteiger partial charge in [-0.2, -0.15) is 0 Å². The van der Waals surface area contributed by atoms with Gasteiger partial charge in [-0.1, -0.05) is 27.2 Å². The van der Waals surface area contributed by atoms with Crippen molar-refractivity contribution in [2.24, 2.45) is 5.92 Å². The Balaban J connectivity index is 4.04. The van der Waals surface area contributed by atoms with Crippen LogP contribution in [0.15, 0.2) is 0 Å². The normalized spacial score (nSPS) is 19.1. The molecule has 0 aromatic carbocycles. The Labute approximate surface area is 108 Å². The first-order valence-electron chi connectivity index (χ1n) is 6.91. The molecule has 0 aromatic heterocycles. The lowest BCUT2D eigenvalue weighted by Crippen LogP contribution is -2.48. The van der Waals surface area contributed by atoms with Crippen LogP contribution in [0.3, 0.4) is 0 Å². The van der Waals surface area contributed by atoms with Crippen LogP contribution in [0.1, 0.15) is 47.0 Å². The van der Waals surface area contributed by atoms with Crippen molar-refractivity contribution in [1.29, 1.82) is 0 Å². The molecule has 0 fully saturated rings. The molecule has 0 amide bonds. The van der Waals surface area contributed by atoms with Crippen molar-refractivity contribution in [3.63, 3.8) is 0 Å². The molecule has 0 rings (SSSR count). The van der Waals surface area contributed by atoms with Gasteiger partial charge in [0.05, 0.1) is 5.60 Å². The van der Waals surface area contributed by atoms with Gasteiger partial charge >= 0.3 is 0 Å². The Morgan fingerprint density at radius 2 is 1.82 bits per heavy atom. The third kappa shape index (κ3) is 8.58. The third-order valence-corrected chi connectivity index (χ3v) is 3.31. The van der Waals surface area contributed by atoms with E-state index >= 15 is 0 Å². The summed E-state index contributed by atoms with van der Waals surface area (Å²) in [5.41, 5.74) is -0.646. The zero-order chi connectivity index (χ0) is 13.5. The predicted octanol–water partition coefficient (Wildman–Crippen LogP) is 2.10. The van der Waals surface area contributed by atoms with Crippen LogP contribution in [0.2, 0.25) is 0 Å². The fourth-order valence-corrected chi connectivity index (χ4v) is 2.15. The van der Waals surface area contributed by atoms with E-state index in [4.69, 9.17) is 0 Å². The number of likely N-dealkylation sites (N-methyl/N-ethyl adjacent to an activating group) is 1. The van der Waals surface area contributed by atoms with Gasteiger partial charge in [0.15, 0.2) is 0 Å². The molecule has 2 N–H and O–H groups in total. The van der Waals surface area contributed by atoms with Gasteiger partial charge in [-0.25, -0.2) is 0 Å². The Hall–Kier alpha value is -0.120. The van der Waals surface area contributed by atoms with Crippen molar-refractivity contribution >= 4 is 0 Å². The Bertz CT molecular complexity index is 193. The topological polar surface area (TPSA) is 35.5 Å². The van der Waals surface area contributed by atoms with E-state index in [9.17, 15) is 5.11 Å². The lowest BCUT2D eigenvalue weighted by atomic mass is 9.97. The summed E-state index contributed by atoms with van der Waals surface area (Å²) in [6, 6.07) is 0.526. The smallest absolute Gasteiger partial charge is 0.0869 e. The van der Waals surface area contributed by atoms with Crippen LogP contribution in [0.5, 0.6) is 0 Å². The van der Waals surface area contributed by atoms with Crippen molar-refractivity contribution in [2.75, 3.05) is 27.2 Å². The average Bonchev–Trinajstić information content (AvgIpc) is 2.21. The van der Waals surface area contributed by atoms with Crippen LogP contribution in [0.25, 0.3) is 0 Å². The summed E-state index contributed by atoms with van der Waals surface area (Å²) in [4.78, 5) is 2.03. The minimum absolute atomic E-state index is 0.526. The second-order valence-corrected chi connectivity index (χ2v) is 5.97. The second kappa shape index (κ2) is 8.06. The summed E-state index contributed by atoms with van der Waals surface area (Å²) in [6.07, 6.45) is 3.56. The lowest BCUT2D eigenvalue weighted by Gasteiger charge is -2.30. The molecule has 0 heterocycles. The molecule has 0 aromatic rings. The van der Waals surface area contributed by atoms with Gasteiger partial charge in [0.25, 0.3) is 0 Å². The molecule has 0 bridgehead atoms. The van der Waals surface area contributed by atoms with Crippen molar-refractivity contribution in [1.82, 2.24) is 10.2 Å². The number of aliphatic hydroxyl groups is 1. The zero-order valence-electron chi connectivity index (χ0n) is 12.6. The van der Waals surface area contributed by atoms with E-state index in [-0.39, 0.29) is 0 Å². The number of nitrogens with zero attached hydrogens (tertiary/aromatic N) is 1. The zero-order valence-corrected chi connectivity index (χ0v) is 12.6. The second-order valence-electron chi connectivity index (χ2n) is 5.97. The number of hydrogen-bond acceptors (Lipinski definition) is 3. The number of nitrogens with one attached hydrogen (secondary N) is 1. The molecule has 17 heavy (non-hydrogen) atoms. The fourth-order valence-electron chi connectivity index (χ4n) is 2.15. The summed E-state index contributed by atoms with van der Waals surface area (Å²) >= 11 is 0. The molecule has 0 saturated carbocycles. The van der Waals surface area contributed by atoms with Crippen LogP contribution in [-0.2, 0) is 0 Å². The first-order chi connectivity index (χ1) is 7.80. The summed E-state index contributed by atoms with van der Waals surface area (Å²) in [5, 5.41) is 13.7. The molecule has 104 valence electrons.